The molecule has 0 heterocycles. The lowest BCUT2D eigenvalue weighted by molar-refractivity contribution is 0.0697. The molecule has 118 valence electrons. The van der Waals surface area contributed by atoms with Crippen LogP contribution >= 0.6 is 11.6 Å². The van der Waals surface area contributed by atoms with E-state index in [-0.39, 0.29) is 10.6 Å². The second-order valence-electron chi connectivity index (χ2n) is 5.12. The van der Waals surface area contributed by atoms with Crippen LogP contribution in [0.4, 0.5) is 0 Å². The molecular formula is C16H23ClO3S. The third-order valence-electron chi connectivity index (χ3n) is 3.36. The monoisotopic (exact) mass is 330 g/mol. The van der Waals surface area contributed by atoms with Crippen molar-refractivity contribution >= 4 is 28.4 Å². The van der Waals surface area contributed by atoms with Crippen LogP contribution in [0.5, 0.6) is 0 Å². The number of hydrogen-bond acceptors (Lipinski definition) is 2. The van der Waals surface area contributed by atoms with Gasteiger partial charge in [0.05, 0.1) is 21.4 Å². The summed E-state index contributed by atoms with van der Waals surface area (Å²) in [6.45, 7) is 2.20. The third-order valence-corrected chi connectivity index (χ3v) is 5.13. The second-order valence-corrected chi connectivity index (χ2v) is 7.10. The number of unbranched alkanes of at least 4 members (excludes halogenated alkanes) is 6. The number of carbonyl (C=O) groups is 1. The molecule has 1 unspecified atom stereocenters. The van der Waals surface area contributed by atoms with Crippen molar-refractivity contribution in [2.75, 3.05) is 5.75 Å². The molecule has 1 atom stereocenters. The molecule has 1 rings (SSSR count). The van der Waals surface area contributed by atoms with E-state index in [1.807, 2.05) is 0 Å². The van der Waals surface area contributed by atoms with Gasteiger partial charge in [0.25, 0.3) is 0 Å². The van der Waals surface area contributed by atoms with Crippen molar-refractivity contribution in [2.45, 2.75) is 56.8 Å². The van der Waals surface area contributed by atoms with Gasteiger partial charge in [-0.2, -0.15) is 0 Å². The molecule has 1 aromatic carbocycles. The zero-order chi connectivity index (χ0) is 15.7. The van der Waals surface area contributed by atoms with Crippen molar-refractivity contribution in [3.63, 3.8) is 0 Å². The van der Waals surface area contributed by atoms with E-state index in [0.717, 1.165) is 12.8 Å². The Bertz CT molecular complexity index is 488. The average molecular weight is 331 g/mol. The fraction of sp³-hybridized carbons (Fsp3) is 0.562. The van der Waals surface area contributed by atoms with E-state index in [1.54, 1.807) is 6.07 Å². The molecule has 0 aliphatic carbocycles. The van der Waals surface area contributed by atoms with Gasteiger partial charge >= 0.3 is 5.97 Å². The maximum atomic E-state index is 12.1. The smallest absolute Gasteiger partial charge is 0.337 e. The molecule has 0 saturated carbocycles. The van der Waals surface area contributed by atoms with Crippen LogP contribution < -0.4 is 0 Å². The molecular weight excluding hydrogens is 308 g/mol. The molecule has 0 aromatic heterocycles. The molecule has 0 aliphatic heterocycles. The number of carboxylic acids is 1. The van der Waals surface area contributed by atoms with Gasteiger partial charge in [-0.25, -0.2) is 4.79 Å². The summed E-state index contributed by atoms with van der Waals surface area (Å²) in [7, 11) is -1.15. The Labute approximate surface area is 134 Å². The molecule has 0 radical (unpaired) electrons. The Morgan fingerprint density at radius 2 is 1.76 bits per heavy atom. The van der Waals surface area contributed by atoms with Crippen LogP contribution in [0.25, 0.3) is 0 Å². The first kappa shape index (κ1) is 18.2. The number of rotatable bonds is 10. The van der Waals surface area contributed by atoms with Crippen molar-refractivity contribution in [1.82, 2.24) is 0 Å². The fourth-order valence-corrected chi connectivity index (χ4v) is 3.49. The molecule has 0 bridgehead atoms. The molecule has 0 saturated heterocycles. The number of benzene rings is 1. The first-order valence-electron chi connectivity index (χ1n) is 7.47. The van der Waals surface area contributed by atoms with Crippen LogP contribution in [0, 0.1) is 0 Å². The highest BCUT2D eigenvalue weighted by atomic mass is 35.5. The van der Waals surface area contributed by atoms with Crippen molar-refractivity contribution < 1.29 is 14.1 Å². The lowest BCUT2D eigenvalue weighted by Crippen LogP contribution is -2.03. The maximum absolute atomic E-state index is 12.1. The zero-order valence-electron chi connectivity index (χ0n) is 12.4. The first-order valence-corrected chi connectivity index (χ1v) is 9.17. The van der Waals surface area contributed by atoms with Gasteiger partial charge in [0.15, 0.2) is 0 Å². The Morgan fingerprint density at radius 3 is 2.38 bits per heavy atom. The van der Waals surface area contributed by atoms with Gasteiger partial charge < -0.3 is 5.11 Å². The number of hydrogen-bond donors (Lipinski definition) is 1. The lowest BCUT2D eigenvalue weighted by Gasteiger charge is -2.05. The van der Waals surface area contributed by atoms with Crippen LogP contribution in [0.2, 0.25) is 5.02 Å². The van der Waals surface area contributed by atoms with E-state index in [9.17, 15) is 9.00 Å². The fourth-order valence-electron chi connectivity index (χ4n) is 2.12. The standard InChI is InChI=1S/C16H23ClO3S/c1-2-3-4-5-6-7-8-11-21(20)13-9-10-15(17)14(12-13)16(18)19/h9-10,12H,2-8,11H2,1H3,(H,18,19). The minimum atomic E-state index is -1.15. The van der Waals surface area contributed by atoms with Gasteiger partial charge in [-0.15, -0.1) is 0 Å². The SMILES string of the molecule is CCCCCCCCCS(=O)c1ccc(Cl)c(C(=O)O)c1. The van der Waals surface area contributed by atoms with E-state index in [2.05, 4.69) is 6.92 Å². The first-order chi connectivity index (χ1) is 10.1. The van der Waals surface area contributed by atoms with Crippen LogP contribution in [0.3, 0.4) is 0 Å². The Hall–Kier alpha value is -0.870. The molecule has 0 amide bonds. The van der Waals surface area contributed by atoms with Gasteiger partial charge in [-0.3, -0.25) is 4.21 Å². The van der Waals surface area contributed by atoms with Crippen molar-refractivity contribution in [2.24, 2.45) is 0 Å². The molecule has 0 spiro atoms. The molecule has 0 fully saturated rings. The number of aromatic carboxylic acids is 1. The third kappa shape index (κ3) is 6.62. The van der Waals surface area contributed by atoms with Gasteiger partial charge in [0.2, 0.25) is 0 Å². The summed E-state index contributed by atoms with van der Waals surface area (Å²) in [4.78, 5) is 11.5. The average Bonchev–Trinajstić information content (AvgIpc) is 2.46. The normalized spacial score (nSPS) is 12.3. The van der Waals surface area contributed by atoms with E-state index >= 15 is 0 Å². The summed E-state index contributed by atoms with van der Waals surface area (Å²) in [5, 5.41) is 9.19. The molecule has 1 aromatic rings. The summed E-state index contributed by atoms with van der Waals surface area (Å²) in [5.41, 5.74) is 0.0158. The molecule has 1 N–H and O–H groups in total. The highest BCUT2D eigenvalue weighted by Crippen LogP contribution is 2.20. The van der Waals surface area contributed by atoms with Gasteiger partial charge in [0, 0.05) is 10.6 Å². The van der Waals surface area contributed by atoms with Crippen molar-refractivity contribution in [3.05, 3.63) is 28.8 Å². The molecule has 21 heavy (non-hydrogen) atoms. The van der Waals surface area contributed by atoms with Crippen LogP contribution in [-0.2, 0) is 10.8 Å². The quantitative estimate of drug-likeness (QED) is 0.621. The van der Waals surface area contributed by atoms with E-state index < -0.39 is 16.8 Å². The summed E-state index contributed by atoms with van der Waals surface area (Å²) in [6.07, 6.45) is 8.21. The van der Waals surface area contributed by atoms with Crippen molar-refractivity contribution in [3.8, 4) is 0 Å². The summed E-state index contributed by atoms with van der Waals surface area (Å²) < 4.78 is 12.1. The van der Waals surface area contributed by atoms with Gasteiger partial charge in [0.1, 0.15) is 0 Å². The Morgan fingerprint density at radius 1 is 1.14 bits per heavy atom. The molecule has 3 nitrogen and oxygen atoms in total. The predicted molar refractivity (Wildman–Crippen MR) is 87.7 cm³/mol. The minimum Gasteiger partial charge on any atom is -0.478 e. The number of carboxylic acid groups (broad SMARTS) is 1. The molecule has 0 aliphatic rings. The van der Waals surface area contributed by atoms with E-state index in [4.69, 9.17) is 16.7 Å². The molecule has 5 heteroatoms. The van der Waals surface area contributed by atoms with Gasteiger partial charge in [-0.1, -0.05) is 57.0 Å². The zero-order valence-corrected chi connectivity index (χ0v) is 14.0. The minimum absolute atomic E-state index is 0.0158. The number of halogens is 1. The predicted octanol–water partition coefficient (Wildman–Crippen LogP) is 4.90. The highest BCUT2D eigenvalue weighted by Gasteiger charge is 2.12. The van der Waals surface area contributed by atoms with Crippen LogP contribution in [-0.4, -0.2) is 21.0 Å². The summed E-state index contributed by atoms with van der Waals surface area (Å²) in [5.74, 6) is -0.510. The van der Waals surface area contributed by atoms with Gasteiger partial charge in [-0.05, 0) is 24.6 Å². The van der Waals surface area contributed by atoms with Crippen LogP contribution in [0.1, 0.15) is 62.2 Å². The topological polar surface area (TPSA) is 54.4 Å². The van der Waals surface area contributed by atoms with E-state index in [1.165, 1.54) is 44.2 Å². The Kier molecular flexibility index (Phi) is 8.62. The summed E-state index contributed by atoms with van der Waals surface area (Å²) >= 11 is 5.80. The summed E-state index contributed by atoms with van der Waals surface area (Å²) in [6, 6.07) is 4.57. The highest BCUT2D eigenvalue weighted by molar-refractivity contribution is 7.85. The lowest BCUT2D eigenvalue weighted by atomic mass is 10.1. The van der Waals surface area contributed by atoms with Crippen molar-refractivity contribution in [1.29, 1.82) is 0 Å². The maximum Gasteiger partial charge on any atom is 0.337 e. The largest absolute Gasteiger partial charge is 0.478 e. The Balaban J connectivity index is 2.39. The van der Waals surface area contributed by atoms with Crippen LogP contribution in [0.15, 0.2) is 23.1 Å². The second kappa shape index (κ2) is 9.96. The van der Waals surface area contributed by atoms with E-state index in [0.29, 0.717) is 10.6 Å².